The van der Waals surface area contributed by atoms with Crippen molar-refractivity contribution in [3.63, 3.8) is 0 Å². The highest BCUT2D eigenvalue weighted by molar-refractivity contribution is 6.34. The Morgan fingerprint density at radius 3 is 2.17 bits per heavy atom. The van der Waals surface area contributed by atoms with Crippen molar-refractivity contribution in [2.24, 2.45) is 0 Å². The van der Waals surface area contributed by atoms with E-state index in [4.69, 9.17) is 4.42 Å². The zero-order valence-corrected chi connectivity index (χ0v) is 14.8. The molecule has 3 amide bonds. The first-order valence-corrected chi connectivity index (χ1v) is 8.32. The van der Waals surface area contributed by atoms with E-state index in [1.165, 1.54) is 36.6 Å². The molecule has 0 atom stereocenters. The molecule has 0 radical (unpaired) electrons. The zero-order chi connectivity index (χ0) is 20.9. The van der Waals surface area contributed by atoms with E-state index < -0.39 is 46.5 Å². The van der Waals surface area contributed by atoms with Gasteiger partial charge in [0.15, 0.2) is 23.2 Å². The Balaban J connectivity index is 1.74. The lowest BCUT2D eigenvalue weighted by Gasteiger charge is -2.17. The third kappa shape index (κ3) is 2.78. The molecule has 6 nitrogen and oxygen atoms in total. The van der Waals surface area contributed by atoms with E-state index >= 15 is 0 Å². The summed E-state index contributed by atoms with van der Waals surface area (Å²) in [5.41, 5.74) is -1.63. The molecule has 1 aliphatic heterocycles. The number of halogens is 3. The summed E-state index contributed by atoms with van der Waals surface area (Å²) in [7, 11) is 0. The predicted octanol–water partition coefficient (Wildman–Crippen LogP) is 4.06. The number of furan rings is 1. The lowest BCUT2D eigenvalue weighted by atomic mass is 10.1. The Labute approximate surface area is 161 Å². The fourth-order valence-corrected chi connectivity index (χ4v) is 3.06. The van der Waals surface area contributed by atoms with Crippen LogP contribution >= 0.6 is 0 Å². The maximum Gasteiger partial charge on any atom is 0.291 e. The summed E-state index contributed by atoms with van der Waals surface area (Å²) < 4.78 is 48.8. The fraction of sp³-hybridized carbons (Fsp3) is 0.0500. The number of nitrogens with one attached hydrogen (secondary N) is 1. The molecule has 0 fully saturated rings. The molecule has 146 valence electrons. The molecule has 2 heterocycles. The number of fused-ring (bicyclic) bond motifs is 1. The number of benzene rings is 2. The second kappa shape index (κ2) is 6.62. The topological polar surface area (TPSA) is 79.6 Å². The molecule has 0 unspecified atom stereocenters. The smallest absolute Gasteiger partial charge is 0.291 e. The van der Waals surface area contributed by atoms with Gasteiger partial charge < -0.3 is 9.73 Å². The first-order chi connectivity index (χ1) is 13.8. The van der Waals surface area contributed by atoms with Crippen molar-refractivity contribution in [3.8, 4) is 0 Å². The van der Waals surface area contributed by atoms with Gasteiger partial charge in [0.2, 0.25) is 0 Å². The van der Waals surface area contributed by atoms with Crippen LogP contribution in [0.5, 0.6) is 0 Å². The zero-order valence-electron chi connectivity index (χ0n) is 14.8. The highest BCUT2D eigenvalue weighted by Crippen LogP contribution is 2.35. The Morgan fingerprint density at radius 2 is 1.62 bits per heavy atom. The molecule has 1 aromatic heterocycles. The molecule has 1 N–H and O–H groups in total. The fourth-order valence-electron chi connectivity index (χ4n) is 3.06. The second-order valence-electron chi connectivity index (χ2n) is 6.26. The van der Waals surface area contributed by atoms with E-state index in [1.54, 1.807) is 6.92 Å². The molecule has 2 aromatic carbocycles. The number of nitrogens with zero attached hydrogens (tertiary/aromatic N) is 1. The minimum atomic E-state index is -1.79. The van der Waals surface area contributed by atoms with Crippen molar-refractivity contribution in [2.75, 3.05) is 10.2 Å². The minimum absolute atomic E-state index is 0.0533. The number of anilines is 2. The Bertz CT molecular complexity index is 1170. The lowest BCUT2D eigenvalue weighted by molar-refractivity contribution is 0.0921. The molecule has 4 rings (SSSR count). The summed E-state index contributed by atoms with van der Waals surface area (Å²) in [6, 6.07) is 7.58. The maximum atomic E-state index is 14.7. The number of carbonyl (C=O) groups excluding carboxylic acids is 3. The van der Waals surface area contributed by atoms with Gasteiger partial charge in [-0.3, -0.25) is 14.4 Å². The largest absolute Gasteiger partial charge is 0.459 e. The Hall–Kier alpha value is -3.88. The first-order valence-electron chi connectivity index (χ1n) is 8.32. The third-order valence-corrected chi connectivity index (χ3v) is 4.47. The molecule has 0 bridgehead atoms. The quantitative estimate of drug-likeness (QED) is 0.531. The molecule has 3 aromatic rings. The van der Waals surface area contributed by atoms with Crippen LogP contribution in [0, 0.1) is 24.4 Å². The summed E-state index contributed by atoms with van der Waals surface area (Å²) in [4.78, 5) is 37.3. The SMILES string of the molecule is Cc1ccoc1C(=O)Nc1cc(F)c(N2C(=O)c3ccccc3C2=O)c(F)c1F. The summed E-state index contributed by atoms with van der Waals surface area (Å²) in [6.45, 7) is 1.56. The Kier molecular flexibility index (Phi) is 4.22. The van der Waals surface area contributed by atoms with Crippen LogP contribution < -0.4 is 10.2 Å². The number of rotatable bonds is 3. The number of amides is 3. The van der Waals surface area contributed by atoms with Gasteiger partial charge in [0, 0.05) is 11.6 Å². The van der Waals surface area contributed by atoms with Gasteiger partial charge in [-0.25, -0.2) is 18.1 Å². The average molecular weight is 400 g/mol. The molecular formula is C20H11F3N2O4. The molecule has 9 heteroatoms. The van der Waals surface area contributed by atoms with E-state index in [1.807, 2.05) is 5.32 Å². The molecule has 0 saturated carbocycles. The van der Waals surface area contributed by atoms with E-state index in [9.17, 15) is 27.6 Å². The van der Waals surface area contributed by atoms with Crippen LogP contribution in [0.4, 0.5) is 24.5 Å². The van der Waals surface area contributed by atoms with E-state index in [0.29, 0.717) is 11.6 Å². The number of hydrogen-bond acceptors (Lipinski definition) is 4. The van der Waals surface area contributed by atoms with Crippen LogP contribution in [0.15, 0.2) is 47.1 Å². The normalized spacial score (nSPS) is 13.0. The van der Waals surface area contributed by atoms with Gasteiger partial charge in [-0.05, 0) is 25.1 Å². The molecule has 0 spiro atoms. The number of hydrogen-bond donors (Lipinski definition) is 1. The number of carbonyl (C=O) groups is 3. The molecule has 0 saturated heterocycles. The highest BCUT2D eigenvalue weighted by Gasteiger charge is 2.40. The Morgan fingerprint density at radius 1 is 1.00 bits per heavy atom. The number of aryl methyl sites for hydroxylation is 1. The summed E-state index contributed by atoms with van der Waals surface area (Å²) in [6.07, 6.45) is 1.23. The highest BCUT2D eigenvalue weighted by atomic mass is 19.2. The molecular weight excluding hydrogens is 389 g/mol. The van der Waals surface area contributed by atoms with Crippen molar-refractivity contribution < 1.29 is 32.0 Å². The summed E-state index contributed by atoms with van der Waals surface area (Å²) in [5, 5.41) is 2.02. The molecule has 1 aliphatic rings. The van der Waals surface area contributed by atoms with Gasteiger partial charge in [-0.1, -0.05) is 12.1 Å². The van der Waals surface area contributed by atoms with Gasteiger partial charge >= 0.3 is 0 Å². The minimum Gasteiger partial charge on any atom is -0.459 e. The van der Waals surface area contributed by atoms with Crippen molar-refractivity contribution in [1.82, 2.24) is 0 Å². The van der Waals surface area contributed by atoms with Crippen LogP contribution in [0.3, 0.4) is 0 Å². The van der Waals surface area contributed by atoms with Crippen LogP contribution in [-0.2, 0) is 0 Å². The van der Waals surface area contributed by atoms with Gasteiger partial charge in [-0.2, -0.15) is 0 Å². The van der Waals surface area contributed by atoms with Crippen molar-refractivity contribution in [3.05, 3.63) is 82.6 Å². The van der Waals surface area contributed by atoms with Gasteiger partial charge in [0.25, 0.3) is 17.7 Å². The first kappa shape index (κ1) is 18.5. The van der Waals surface area contributed by atoms with Crippen molar-refractivity contribution >= 4 is 29.1 Å². The second-order valence-corrected chi connectivity index (χ2v) is 6.26. The monoisotopic (exact) mass is 400 g/mol. The lowest BCUT2D eigenvalue weighted by Crippen LogP contribution is -2.31. The third-order valence-electron chi connectivity index (χ3n) is 4.47. The van der Waals surface area contributed by atoms with Gasteiger partial charge in [0.1, 0.15) is 5.69 Å². The molecule has 0 aliphatic carbocycles. The average Bonchev–Trinajstić information content (AvgIpc) is 3.23. The van der Waals surface area contributed by atoms with Crippen LogP contribution in [-0.4, -0.2) is 17.7 Å². The van der Waals surface area contributed by atoms with Crippen LogP contribution in [0.1, 0.15) is 36.8 Å². The summed E-state index contributed by atoms with van der Waals surface area (Å²) in [5.74, 6) is -7.85. The summed E-state index contributed by atoms with van der Waals surface area (Å²) >= 11 is 0. The molecule has 29 heavy (non-hydrogen) atoms. The predicted molar refractivity (Wildman–Crippen MR) is 95.3 cm³/mol. The van der Waals surface area contributed by atoms with Crippen LogP contribution in [0.2, 0.25) is 0 Å². The standard InChI is InChI=1S/C20H11F3N2O4/c1-9-6-7-29-17(9)18(26)24-13-8-12(21)16(15(23)14(13)22)25-19(27)10-4-2-3-5-11(10)20(25)28/h2-8H,1H3,(H,24,26). The van der Waals surface area contributed by atoms with Gasteiger partial charge in [0.05, 0.1) is 23.1 Å². The number of imide groups is 1. The maximum absolute atomic E-state index is 14.7. The van der Waals surface area contributed by atoms with Crippen molar-refractivity contribution in [1.29, 1.82) is 0 Å². The van der Waals surface area contributed by atoms with Crippen LogP contribution in [0.25, 0.3) is 0 Å². The van der Waals surface area contributed by atoms with E-state index in [-0.39, 0.29) is 21.8 Å². The van der Waals surface area contributed by atoms with E-state index in [0.717, 1.165) is 0 Å². The van der Waals surface area contributed by atoms with Crippen molar-refractivity contribution in [2.45, 2.75) is 6.92 Å². The van der Waals surface area contributed by atoms with E-state index in [2.05, 4.69) is 0 Å². The van der Waals surface area contributed by atoms with Gasteiger partial charge in [-0.15, -0.1) is 0 Å².